The van der Waals surface area contributed by atoms with E-state index in [-0.39, 0.29) is 31.6 Å². The number of aliphatic hydroxyl groups is 1. The van der Waals surface area contributed by atoms with Gasteiger partial charge in [0, 0.05) is 26.7 Å². The fourth-order valence-electron chi connectivity index (χ4n) is 2.25. The van der Waals surface area contributed by atoms with Crippen molar-refractivity contribution in [1.82, 2.24) is 10.2 Å². The van der Waals surface area contributed by atoms with Gasteiger partial charge in [-0.05, 0) is 6.92 Å². The van der Waals surface area contributed by atoms with Crippen LogP contribution in [-0.4, -0.2) is 85.2 Å². The Bertz CT molecular complexity index is 352. The zero-order chi connectivity index (χ0) is 15.8. The normalized spacial score (nSPS) is 22.6. The number of hydrogen-bond donors (Lipinski definition) is 3. The van der Waals surface area contributed by atoms with Crippen LogP contribution in [0.1, 0.15) is 13.3 Å². The molecule has 8 heteroatoms. The van der Waals surface area contributed by atoms with Crippen LogP contribution < -0.4 is 5.32 Å². The van der Waals surface area contributed by atoms with Gasteiger partial charge in [0.25, 0.3) is 0 Å². The predicted molar refractivity (Wildman–Crippen MR) is 73.9 cm³/mol. The summed E-state index contributed by atoms with van der Waals surface area (Å²) in [6.07, 6.45) is -1.20. The zero-order valence-corrected chi connectivity index (χ0v) is 12.4. The second-order valence-corrected chi connectivity index (χ2v) is 5.15. The quantitative estimate of drug-likeness (QED) is 0.484. The van der Waals surface area contributed by atoms with E-state index in [9.17, 15) is 14.7 Å². The lowest BCUT2D eigenvalue weighted by molar-refractivity contribution is -0.143. The first-order chi connectivity index (χ1) is 9.93. The molecular weight excluding hydrogens is 280 g/mol. The minimum atomic E-state index is -1.04. The molecule has 0 saturated carbocycles. The first kappa shape index (κ1) is 17.8. The highest BCUT2D eigenvalue weighted by Gasteiger charge is 2.32. The molecule has 0 bridgehead atoms. The third-order valence-electron chi connectivity index (χ3n) is 3.23. The van der Waals surface area contributed by atoms with E-state index in [0.29, 0.717) is 19.7 Å². The van der Waals surface area contributed by atoms with Crippen molar-refractivity contribution in [2.24, 2.45) is 0 Å². The number of carbonyl (C=O) groups excluding carboxylic acids is 1. The molecule has 0 aromatic rings. The lowest BCUT2D eigenvalue weighted by atomic mass is 10.1. The van der Waals surface area contributed by atoms with Crippen molar-refractivity contribution in [3.05, 3.63) is 0 Å². The van der Waals surface area contributed by atoms with E-state index in [1.165, 1.54) is 0 Å². The second kappa shape index (κ2) is 8.93. The van der Waals surface area contributed by atoms with Crippen molar-refractivity contribution >= 4 is 11.9 Å². The molecule has 1 saturated heterocycles. The molecule has 0 aliphatic carbocycles. The van der Waals surface area contributed by atoms with E-state index >= 15 is 0 Å². The molecule has 1 heterocycles. The number of aliphatic carboxylic acids is 1. The van der Waals surface area contributed by atoms with Crippen LogP contribution in [-0.2, 0) is 19.1 Å². The average Bonchev–Trinajstić information content (AvgIpc) is 2.40. The summed E-state index contributed by atoms with van der Waals surface area (Å²) in [5, 5.41) is 21.5. The van der Waals surface area contributed by atoms with Gasteiger partial charge in [0.15, 0.2) is 0 Å². The van der Waals surface area contributed by atoms with Gasteiger partial charge in [-0.25, -0.2) is 0 Å². The summed E-state index contributed by atoms with van der Waals surface area (Å²) in [4.78, 5) is 24.2. The number of ether oxygens (including phenoxy) is 2. The standard InChI is InChI=1S/C13H24N2O6/c1-9(7-20-2)21-8-10(16)6-15-4-3-14-13(19)11(15)5-12(17)18/h9-11,16H,3-8H2,1-2H3,(H,14,19)(H,17,18). The molecule has 0 aromatic heterocycles. The van der Waals surface area contributed by atoms with E-state index in [1.54, 1.807) is 12.0 Å². The maximum Gasteiger partial charge on any atom is 0.305 e. The Labute approximate surface area is 124 Å². The number of rotatable bonds is 9. The van der Waals surface area contributed by atoms with Crippen molar-refractivity contribution < 1.29 is 29.3 Å². The summed E-state index contributed by atoms with van der Waals surface area (Å²) < 4.78 is 10.3. The van der Waals surface area contributed by atoms with E-state index in [0.717, 1.165) is 0 Å². The fraction of sp³-hybridized carbons (Fsp3) is 0.846. The van der Waals surface area contributed by atoms with Crippen LogP contribution in [0.25, 0.3) is 0 Å². The number of hydrogen-bond acceptors (Lipinski definition) is 6. The number of nitrogens with zero attached hydrogens (tertiary/aromatic N) is 1. The van der Waals surface area contributed by atoms with Gasteiger partial charge in [-0.15, -0.1) is 0 Å². The third kappa shape index (κ3) is 6.38. The number of methoxy groups -OCH3 is 1. The molecule has 3 unspecified atom stereocenters. The average molecular weight is 304 g/mol. The van der Waals surface area contributed by atoms with Gasteiger partial charge in [-0.3, -0.25) is 14.5 Å². The summed E-state index contributed by atoms with van der Waals surface area (Å²) in [6, 6.07) is -0.748. The molecule has 3 N–H and O–H groups in total. The largest absolute Gasteiger partial charge is 0.481 e. The van der Waals surface area contributed by atoms with E-state index in [4.69, 9.17) is 14.6 Å². The minimum absolute atomic E-state index is 0.114. The smallest absolute Gasteiger partial charge is 0.305 e. The predicted octanol–water partition coefficient (Wildman–Crippen LogP) is -1.33. The van der Waals surface area contributed by atoms with Gasteiger partial charge in [0.2, 0.25) is 5.91 Å². The van der Waals surface area contributed by atoms with Crippen LogP contribution in [0.5, 0.6) is 0 Å². The maximum absolute atomic E-state index is 11.7. The van der Waals surface area contributed by atoms with E-state index in [1.807, 2.05) is 6.92 Å². The summed E-state index contributed by atoms with van der Waals surface area (Å²) in [7, 11) is 1.57. The third-order valence-corrected chi connectivity index (χ3v) is 3.23. The Kier molecular flexibility index (Phi) is 7.58. The second-order valence-electron chi connectivity index (χ2n) is 5.15. The number of nitrogens with one attached hydrogen (secondary N) is 1. The van der Waals surface area contributed by atoms with Crippen molar-refractivity contribution in [3.8, 4) is 0 Å². The number of piperazine rings is 1. The van der Waals surface area contributed by atoms with E-state index in [2.05, 4.69) is 5.32 Å². The van der Waals surface area contributed by atoms with Crippen LogP contribution in [0.2, 0.25) is 0 Å². The van der Waals surface area contributed by atoms with Gasteiger partial charge in [0.05, 0.1) is 37.9 Å². The molecule has 1 aliphatic rings. The van der Waals surface area contributed by atoms with Gasteiger partial charge >= 0.3 is 5.97 Å². The Balaban J connectivity index is 2.45. The van der Waals surface area contributed by atoms with Crippen LogP contribution in [0.3, 0.4) is 0 Å². The highest BCUT2D eigenvalue weighted by Crippen LogP contribution is 2.10. The maximum atomic E-state index is 11.7. The highest BCUT2D eigenvalue weighted by atomic mass is 16.5. The van der Waals surface area contributed by atoms with Crippen LogP contribution >= 0.6 is 0 Å². The molecular formula is C13H24N2O6. The lowest BCUT2D eigenvalue weighted by Crippen LogP contribution is -2.57. The van der Waals surface area contributed by atoms with Gasteiger partial charge < -0.3 is 25.0 Å². The van der Waals surface area contributed by atoms with E-state index < -0.39 is 18.1 Å². The first-order valence-electron chi connectivity index (χ1n) is 6.96. The molecule has 0 aromatic carbocycles. The molecule has 1 amide bonds. The van der Waals surface area contributed by atoms with Gasteiger partial charge in [-0.1, -0.05) is 0 Å². The molecule has 21 heavy (non-hydrogen) atoms. The lowest BCUT2D eigenvalue weighted by Gasteiger charge is -2.35. The number of carboxylic acids is 1. The van der Waals surface area contributed by atoms with Crippen molar-refractivity contribution in [2.45, 2.75) is 31.6 Å². The van der Waals surface area contributed by atoms with Crippen molar-refractivity contribution in [3.63, 3.8) is 0 Å². The summed E-state index contributed by atoms with van der Waals surface area (Å²) in [6.45, 7) is 3.53. The minimum Gasteiger partial charge on any atom is -0.481 e. The molecule has 1 aliphatic heterocycles. The molecule has 3 atom stereocenters. The fourth-order valence-corrected chi connectivity index (χ4v) is 2.25. The highest BCUT2D eigenvalue weighted by molar-refractivity contribution is 5.86. The van der Waals surface area contributed by atoms with Gasteiger partial charge in [0.1, 0.15) is 0 Å². The number of carbonyl (C=O) groups is 2. The summed E-state index contributed by atoms with van der Waals surface area (Å²) in [5.74, 6) is -1.36. The van der Waals surface area contributed by atoms with Gasteiger partial charge in [-0.2, -0.15) is 0 Å². The Hall–Kier alpha value is -1.22. The monoisotopic (exact) mass is 304 g/mol. The molecule has 8 nitrogen and oxygen atoms in total. The first-order valence-corrected chi connectivity index (χ1v) is 6.96. The topological polar surface area (TPSA) is 108 Å². The van der Waals surface area contributed by atoms with Crippen LogP contribution in [0.15, 0.2) is 0 Å². The van der Waals surface area contributed by atoms with Crippen LogP contribution in [0.4, 0.5) is 0 Å². The van der Waals surface area contributed by atoms with Crippen molar-refractivity contribution in [1.29, 1.82) is 0 Å². The number of amides is 1. The Morgan fingerprint density at radius 1 is 1.52 bits per heavy atom. The van der Waals surface area contributed by atoms with Crippen molar-refractivity contribution in [2.75, 3.05) is 40.0 Å². The SMILES string of the molecule is COCC(C)OCC(O)CN1CCNC(=O)C1CC(=O)O. The molecule has 1 fully saturated rings. The molecule has 1 rings (SSSR count). The molecule has 0 spiro atoms. The zero-order valence-electron chi connectivity index (χ0n) is 12.4. The summed E-state index contributed by atoms with van der Waals surface area (Å²) >= 11 is 0. The van der Waals surface area contributed by atoms with Crippen LogP contribution in [0, 0.1) is 0 Å². The molecule has 122 valence electrons. The number of β-amino-alcohol motifs (C(OH)–C–C–N with tert-alkyl or cyclic N) is 1. The molecule has 0 radical (unpaired) electrons. The Morgan fingerprint density at radius 2 is 2.24 bits per heavy atom. The Morgan fingerprint density at radius 3 is 2.86 bits per heavy atom. The number of carboxylic acid groups (broad SMARTS) is 1. The summed E-state index contributed by atoms with van der Waals surface area (Å²) in [5.41, 5.74) is 0. The number of aliphatic hydroxyl groups excluding tert-OH is 1.